The molecule has 1 aliphatic carbocycles. The highest BCUT2D eigenvalue weighted by atomic mass is 32.1. The molecule has 0 amide bonds. The third-order valence-corrected chi connectivity index (χ3v) is 5.46. The van der Waals surface area contributed by atoms with Crippen LogP contribution in [0.15, 0.2) is 41.2 Å². The zero-order chi connectivity index (χ0) is 16.1. The van der Waals surface area contributed by atoms with Crippen molar-refractivity contribution < 1.29 is 14.1 Å². The van der Waals surface area contributed by atoms with Crippen LogP contribution in [-0.4, -0.2) is 5.97 Å². The average Bonchev–Trinajstić information content (AvgIpc) is 3.00. The first-order valence-electron chi connectivity index (χ1n) is 8.41. The summed E-state index contributed by atoms with van der Waals surface area (Å²) in [5, 5.41) is 2.12. The molecule has 2 aromatic rings. The van der Waals surface area contributed by atoms with Crippen LogP contribution in [-0.2, 0) is 16.1 Å². The van der Waals surface area contributed by atoms with Crippen LogP contribution >= 0.6 is 11.3 Å². The number of carbonyl (C=O) groups is 1. The van der Waals surface area contributed by atoms with Crippen LogP contribution in [0.3, 0.4) is 0 Å². The highest BCUT2D eigenvalue weighted by Crippen LogP contribution is 2.27. The molecule has 122 valence electrons. The zero-order valence-electron chi connectivity index (χ0n) is 13.6. The fourth-order valence-corrected chi connectivity index (χ4v) is 3.96. The number of aryl methyl sites for hydroxylation is 1. The van der Waals surface area contributed by atoms with E-state index >= 15 is 0 Å². The van der Waals surface area contributed by atoms with Crippen molar-refractivity contribution in [3.05, 3.63) is 52.5 Å². The van der Waals surface area contributed by atoms with Crippen LogP contribution in [0.2, 0.25) is 0 Å². The molecule has 0 N–H and O–H groups in total. The number of esters is 1. The maximum Gasteiger partial charge on any atom is 0.309 e. The lowest BCUT2D eigenvalue weighted by Gasteiger charge is -2.23. The Kier molecular flexibility index (Phi) is 5.44. The van der Waals surface area contributed by atoms with Gasteiger partial charge in [0.05, 0.1) is 11.3 Å². The molecule has 0 aliphatic heterocycles. The van der Waals surface area contributed by atoms with E-state index in [1.807, 2.05) is 30.3 Å². The standard InChI is InChI=1S/C19H24NO2S/c1-15-13-23-14-20(15)12-18(16-8-4-2-5-9-16)22-19(21)17-10-6-3-7-11-17/h2,4-5,8-9,13-14,17-18H,3,6-7,10-12H2,1H3/q+1/t18-/m1/s1. The molecule has 1 saturated carbocycles. The summed E-state index contributed by atoms with van der Waals surface area (Å²) in [6, 6.07) is 10.1. The third-order valence-electron chi connectivity index (χ3n) is 4.61. The number of benzene rings is 1. The van der Waals surface area contributed by atoms with Gasteiger partial charge in [-0.2, -0.15) is 4.57 Å². The lowest BCUT2D eigenvalue weighted by Crippen LogP contribution is -2.39. The normalized spacial score (nSPS) is 16.9. The van der Waals surface area contributed by atoms with E-state index in [-0.39, 0.29) is 18.0 Å². The van der Waals surface area contributed by atoms with Gasteiger partial charge >= 0.3 is 5.97 Å². The summed E-state index contributed by atoms with van der Waals surface area (Å²) in [4.78, 5) is 12.6. The van der Waals surface area contributed by atoms with Gasteiger partial charge in [-0.25, -0.2) is 0 Å². The molecule has 0 unspecified atom stereocenters. The second kappa shape index (κ2) is 7.73. The van der Waals surface area contributed by atoms with Gasteiger partial charge in [-0.1, -0.05) is 60.9 Å². The summed E-state index contributed by atoms with van der Waals surface area (Å²) in [7, 11) is 0. The molecule has 0 radical (unpaired) electrons. The number of hydrogen-bond acceptors (Lipinski definition) is 3. The Balaban J connectivity index is 1.75. The van der Waals surface area contributed by atoms with Crippen molar-refractivity contribution in [1.82, 2.24) is 0 Å². The Morgan fingerprint density at radius 3 is 2.65 bits per heavy atom. The molecule has 1 aromatic carbocycles. The molecular weight excluding hydrogens is 306 g/mol. The fourth-order valence-electron chi connectivity index (χ4n) is 3.17. The van der Waals surface area contributed by atoms with Gasteiger partial charge in [-0.05, 0) is 18.4 Å². The smallest absolute Gasteiger partial charge is 0.309 e. The summed E-state index contributed by atoms with van der Waals surface area (Å²) >= 11 is 1.67. The summed E-state index contributed by atoms with van der Waals surface area (Å²) in [5.41, 5.74) is 4.35. The Labute approximate surface area is 141 Å². The molecule has 1 aromatic heterocycles. The van der Waals surface area contributed by atoms with Crippen LogP contribution < -0.4 is 4.57 Å². The van der Waals surface area contributed by atoms with Gasteiger partial charge < -0.3 is 4.74 Å². The summed E-state index contributed by atoms with van der Waals surface area (Å²) in [5.74, 6) is 0.0653. The average molecular weight is 330 g/mol. The van der Waals surface area contributed by atoms with Crippen molar-refractivity contribution in [1.29, 1.82) is 0 Å². The van der Waals surface area contributed by atoms with Crippen molar-refractivity contribution in [3.8, 4) is 0 Å². The second-order valence-electron chi connectivity index (χ2n) is 6.32. The number of thiazole rings is 1. The van der Waals surface area contributed by atoms with E-state index in [0.717, 1.165) is 31.2 Å². The number of ether oxygens (including phenoxy) is 1. The maximum absolute atomic E-state index is 12.6. The maximum atomic E-state index is 12.6. The molecule has 3 nitrogen and oxygen atoms in total. The SMILES string of the molecule is Cc1csc[n+]1C[C@@H](OC(=O)C1CCCCC1)c1ccccc1. The molecule has 1 heterocycles. The van der Waals surface area contributed by atoms with Gasteiger partial charge in [-0.15, -0.1) is 0 Å². The van der Waals surface area contributed by atoms with Gasteiger partial charge in [0, 0.05) is 6.92 Å². The molecule has 0 bridgehead atoms. The minimum absolute atomic E-state index is 0.0213. The largest absolute Gasteiger partial charge is 0.450 e. The van der Waals surface area contributed by atoms with Crippen molar-refractivity contribution in [2.45, 2.75) is 51.7 Å². The molecule has 1 aliphatic rings. The van der Waals surface area contributed by atoms with Crippen molar-refractivity contribution in [2.75, 3.05) is 0 Å². The highest BCUT2D eigenvalue weighted by Gasteiger charge is 2.28. The molecule has 4 heteroatoms. The van der Waals surface area contributed by atoms with E-state index in [2.05, 4.69) is 22.4 Å². The monoisotopic (exact) mass is 330 g/mol. The summed E-state index contributed by atoms with van der Waals surface area (Å²) < 4.78 is 8.11. The van der Waals surface area contributed by atoms with E-state index in [4.69, 9.17) is 4.74 Å². The van der Waals surface area contributed by atoms with Crippen molar-refractivity contribution in [2.24, 2.45) is 5.92 Å². The Morgan fingerprint density at radius 2 is 2.00 bits per heavy atom. The van der Waals surface area contributed by atoms with Gasteiger partial charge in [0.1, 0.15) is 0 Å². The van der Waals surface area contributed by atoms with E-state index in [1.54, 1.807) is 11.3 Å². The zero-order valence-corrected chi connectivity index (χ0v) is 14.4. The van der Waals surface area contributed by atoms with Gasteiger partial charge in [0.15, 0.2) is 18.3 Å². The molecule has 0 saturated heterocycles. The lowest BCUT2D eigenvalue weighted by atomic mass is 9.89. The third kappa shape index (κ3) is 4.20. The predicted octanol–water partition coefficient (Wildman–Crippen LogP) is 4.21. The first kappa shape index (κ1) is 16.2. The number of nitrogens with zero attached hydrogens (tertiary/aromatic N) is 1. The van der Waals surface area contributed by atoms with Crippen LogP contribution in [0.4, 0.5) is 0 Å². The topological polar surface area (TPSA) is 30.2 Å². The van der Waals surface area contributed by atoms with Gasteiger partial charge in [0.25, 0.3) is 0 Å². The van der Waals surface area contributed by atoms with Crippen LogP contribution in [0, 0.1) is 12.8 Å². The minimum atomic E-state index is -0.219. The molecule has 1 fully saturated rings. The van der Waals surface area contributed by atoms with Crippen LogP contribution in [0.5, 0.6) is 0 Å². The van der Waals surface area contributed by atoms with E-state index in [0.29, 0.717) is 6.54 Å². The summed E-state index contributed by atoms with van der Waals surface area (Å²) in [6.07, 6.45) is 5.28. The highest BCUT2D eigenvalue weighted by molar-refractivity contribution is 7.07. The van der Waals surface area contributed by atoms with E-state index in [9.17, 15) is 4.79 Å². The van der Waals surface area contributed by atoms with Crippen molar-refractivity contribution in [3.63, 3.8) is 0 Å². The number of carbonyl (C=O) groups excluding carboxylic acids is 1. The molecule has 1 atom stereocenters. The van der Waals surface area contributed by atoms with Crippen molar-refractivity contribution >= 4 is 17.3 Å². The van der Waals surface area contributed by atoms with E-state index < -0.39 is 0 Å². The first-order chi connectivity index (χ1) is 11.2. The Hall–Kier alpha value is -1.68. The quantitative estimate of drug-likeness (QED) is 0.607. The number of hydrogen-bond donors (Lipinski definition) is 0. The minimum Gasteiger partial charge on any atom is -0.450 e. The molecule has 0 spiro atoms. The van der Waals surface area contributed by atoms with E-state index in [1.165, 1.54) is 12.1 Å². The van der Waals surface area contributed by atoms with Gasteiger partial charge in [0.2, 0.25) is 5.51 Å². The first-order valence-corrected chi connectivity index (χ1v) is 9.36. The predicted molar refractivity (Wildman–Crippen MR) is 91.1 cm³/mol. The van der Waals surface area contributed by atoms with Crippen LogP contribution in [0.25, 0.3) is 0 Å². The second-order valence-corrected chi connectivity index (χ2v) is 7.04. The Morgan fingerprint density at radius 1 is 1.26 bits per heavy atom. The lowest BCUT2D eigenvalue weighted by molar-refractivity contribution is -0.705. The number of rotatable bonds is 5. The summed E-state index contributed by atoms with van der Waals surface area (Å²) in [6.45, 7) is 2.76. The van der Waals surface area contributed by atoms with Gasteiger partial charge in [-0.3, -0.25) is 4.79 Å². The molecular formula is C19H24NO2S+. The Bertz CT molecular complexity index is 632. The molecule has 3 rings (SSSR count). The number of aromatic nitrogens is 1. The fraction of sp³-hybridized carbons (Fsp3) is 0.474. The van der Waals surface area contributed by atoms with Crippen LogP contribution in [0.1, 0.15) is 49.5 Å². The molecule has 23 heavy (non-hydrogen) atoms.